The third-order valence-electron chi connectivity index (χ3n) is 13.5. The highest BCUT2D eigenvalue weighted by Gasteiger charge is 2.45. The van der Waals surface area contributed by atoms with Gasteiger partial charge >= 0.3 is 0 Å². The molecular formula is C47H49N11O6. The fourth-order valence-corrected chi connectivity index (χ4v) is 10.0. The molecule has 3 saturated heterocycles. The summed E-state index contributed by atoms with van der Waals surface area (Å²) in [5, 5.41) is 14.6. The van der Waals surface area contributed by atoms with Gasteiger partial charge in [-0.05, 0) is 105 Å². The van der Waals surface area contributed by atoms with E-state index in [0.29, 0.717) is 75.8 Å². The Labute approximate surface area is 369 Å². The molecular weight excluding hydrogens is 815 g/mol. The molecule has 17 nitrogen and oxygen atoms in total. The van der Waals surface area contributed by atoms with Crippen LogP contribution in [0.5, 0.6) is 0 Å². The molecule has 0 spiro atoms. The lowest BCUT2D eigenvalue weighted by Gasteiger charge is -2.37. The first-order valence-electron chi connectivity index (χ1n) is 22.0. The van der Waals surface area contributed by atoms with E-state index in [-0.39, 0.29) is 41.7 Å². The van der Waals surface area contributed by atoms with Gasteiger partial charge in [-0.2, -0.15) is 10.1 Å². The summed E-state index contributed by atoms with van der Waals surface area (Å²) in [6.45, 7) is 6.81. The zero-order valence-electron chi connectivity index (χ0n) is 36.0. The Morgan fingerprint density at radius 2 is 1.58 bits per heavy atom. The Bertz CT molecular complexity index is 2770. The van der Waals surface area contributed by atoms with E-state index in [9.17, 15) is 28.8 Å². The summed E-state index contributed by atoms with van der Waals surface area (Å²) in [5.41, 5.74) is 8.16. The van der Waals surface area contributed by atoms with Crippen LogP contribution in [0, 0.1) is 19.8 Å². The predicted molar refractivity (Wildman–Crippen MR) is 237 cm³/mol. The molecule has 5 aliphatic rings. The molecule has 3 fully saturated rings. The average molecular weight is 864 g/mol. The second kappa shape index (κ2) is 16.2. The number of nitrogens with zero attached hydrogens (tertiary/aromatic N) is 8. The summed E-state index contributed by atoms with van der Waals surface area (Å²) in [6.07, 6.45) is 5.19. The number of hydrogen-bond acceptors (Lipinski definition) is 12. The highest BCUT2D eigenvalue weighted by molar-refractivity contribution is 6.23. The topological polar surface area (TPSA) is 195 Å². The Kier molecular flexibility index (Phi) is 10.3. The van der Waals surface area contributed by atoms with Gasteiger partial charge < -0.3 is 25.3 Å². The van der Waals surface area contributed by atoms with Crippen molar-refractivity contribution < 1.29 is 28.8 Å². The molecule has 0 saturated carbocycles. The summed E-state index contributed by atoms with van der Waals surface area (Å²) >= 11 is 0. The van der Waals surface area contributed by atoms with Crippen LogP contribution in [-0.4, -0.2) is 108 Å². The lowest BCUT2D eigenvalue weighted by atomic mass is 9.94. The third kappa shape index (κ3) is 7.27. The van der Waals surface area contributed by atoms with Crippen LogP contribution in [-0.2, 0) is 39.2 Å². The maximum Gasteiger partial charge on any atom is 0.262 e. The predicted octanol–water partition coefficient (Wildman–Crippen LogP) is 4.66. The normalized spacial score (nSPS) is 20.2. The molecule has 2 atom stereocenters. The second-order valence-electron chi connectivity index (χ2n) is 17.5. The van der Waals surface area contributed by atoms with Crippen molar-refractivity contribution in [1.82, 2.24) is 39.8 Å². The number of aryl methyl sites for hydroxylation is 3. The van der Waals surface area contributed by atoms with Crippen LogP contribution in [0.4, 0.5) is 28.8 Å². The highest BCUT2D eigenvalue weighted by atomic mass is 16.2. The minimum atomic E-state index is -1.03. The van der Waals surface area contributed by atoms with Gasteiger partial charge in [0, 0.05) is 75.4 Å². The molecule has 17 heteroatoms. The van der Waals surface area contributed by atoms with E-state index >= 15 is 0 Å². The van der Waals surface area contributed by atoms with E-state index in [4.69, 9.17) is 10.1 Å². The number of para-hydroxylation sites is 1. The molecule has 7 heterocycles. The standard InChI is InChI=1S/C47H49N11O6/c1-26-6-4-7-27(2)39(26)51-40-35-24-48-47(52-41(35)54(3)53-40)49-31-10-9-28-15-21-56(25-30(28)22-31)46(64)37-8-5-18-57(37)43(61)29-16-19-55(20-17-29)32-11-12-33-34(23-32)45(63)58(44(33)62)36-13-14-38(59)50-42(36)60/h4,6-7,9-12,22-24,29,36-37H,5,8,13-21,25H2,1-3H3,(H,51,53)(H,48,49,52)(H,50,59,60)/t36?,37-/m1/s1. The molecule has 0 radical (unpaired) electrons. The number of benzene rings is 3. The van der Waals surface area contributed by atoms with E-state index < -0.39 is 35.7 Å². The number of rotatable bonds is 8. The smallest absolute Gasteiger partial charge is 0.262 e. The molecule has 5 aromatic rings. The maximum atomic E-state index is 14.2. The van der Waals surface area contributed by atoms with Crippen molar-refractivity contribution >= 4 is 75.3 Å². The van der Waals surface area contributed by atoms with E-state index in [0.717, 1.165) is 50.5 Å². The van der Waals surface area contributed by atoms with Crippen molar-refractivity contribution in [1.29, 1.82) is 0 Å². The first-order chi connectivity index (χ1) is 30.9. The molecule has 1 unspecified atom stereocenters. The minimum absolute atomic E-state index is 0.00703. The van der Waals surface area contributed by atoms with Crippen LogP contribution in [0.1, 0.15) is 81.5 Å². The quantitative estimate of drug-likeness (QED) is 0.183. The van der Waals surface area contributed by atoms with Crippen LogP contribution in [0.3, 0.4) is 0 Å². The average Bonchev–Trinajstić information content (AvgIpc) is 3.98. The Morgan fingerprint density at radius 3 is 2.36 bits per heavy atom. The largest absolute Gasteiger partial charge is 0.371 e. The summed E-state index contributed by atoms with van der Waals surface area (Å²) < 4.78 is 1.74. The van der Waals surface area contributed by atoms with E-state index in [1.54, 1.807) is 34.0 Å². The number of carbonyl (C=O) groups is 6. The zero-order valence-corrected chi connectivity index (χ0v) is 36.0. The second-order valence-corrected chi connectivity index (χ2v) is 17.5. The number of carbonyl (C=O) groups excluding carboxylic acids is 6. The molecule has 2 aromatic heterocycles. The first kappa shape index (κ1) is 40.9. The highest BCUT2D eigenvalue weighted by Crippen LogP contribution is 2.35. The molecule has 0 aliphatic carbocycles. The number of fused-ring (bicyclic) bond motifs is 3. The number of hydrogen-bond donors (Lipinski definition) is 3. The molecule has 0 bridgehead atoms. The van der Waals surface area contributed by atoms with Gasteiger partial charge in [0.05, 0.1) is 16.5 Å². The van der Waals surface area contributed by atoms with Gasteiger partial charge in [0.25, 0.3) is 11.8 Å². The van der Waals surface area contributed by atoms with Gasteiger partial charge in [-0.1, -0.05) is 24.3 Å². The number of nitrogens with one attached hydrogen (secondary N) is 3. The lowest BCUT2D eigenvalue weighted by molar-refractivity contribution is -0.147. The fraction of sp³-hybridized carbons (Fsp3) is 0.383. The molecule has 10 rings (SSSR count). The molecule has 6 amide bonds. The van der Waals surface area contributed by atoms with E-state index in [1.807, 2.05) is 30.1 Å². The fourth-order valence-electron chi connectivity index (χ4n) is 10.0. The zero-order chi connectivity index (χ0) is 44.4. The molecule has 3 N–H and O–H groups in total. The summed E-state index contributed by atoms with van der Waals surface area (Å²) in [4.78, 5) is 95.3. The van der Waals surface area contributed by atoms with Crippen LogP contribution in [0.15, 0.2) is 60.8 Å². The molecule has 5 aliphatic heterocycles. The number of aromatic nitrogens is 4. The summed E-state index contributed by atoms with van der Waals surface area (Å²) in [6, 6.07) is 15.9. The van der Waals surface area contributed by atoms with Gasteiger partial charge in [-0.15, -0.1) is 0 Å². The maximum absolute atomic E-state index is 14.2. The molecule has 3 aromatic carbocycles. The van der Waals surface area contributed by atoms with Crippen LogP contribution < -0.4 is 20.9 Å². The summed E-state index contributed by atoms with van der Waals surface area (Å²) in [5.74, 6) is -1.30. The van der Waals surface area contributed by atoms with Crippen LogP contribution in [0.25, 0.3) is 11.0 Å². The number of anilines is 5. The third-order valence-corrected chi connectivity index (χ3v) is 13.5. The number of likely N-dealkylation sites (tertiary alicyclic amines) is 1. The number of imide groups is 2. The van der Waals surface area contributed by atoms with Gasteiger partial charge in [0.2, 0.25) is 29.6 Å². The Hall–Kier alpha value is -7.17. The van der Waals surface area contributed by atoms with Crippen molar-refractivity contribution in [3.8, 4) is 0 Å². The van der Waals surface area contributed by atoms with Crippen molar-refractivity contribution in [2.24, 2.45) is 13.0 Å². The van der Waals surface area contributed by atoms with Crippen molar-refractivity contribution in [2.45, 2.75) is 77.4 Å². The number of amides is 6. The van der Waals surface area contributed by atoms with Crippen LogP contribution in [0.2, 0.25) is 0 Å². The monoisotopic (exact) mass is 863 g/mol. The SMILES string of the molecule is Cc1cccc(C)c1Nc1nn(C)c2nc(Nc3ccc4c(c3)CN(C(=O)[C@H]3CCCN3C(=O)C3CCN(c5ccc6c(c5)C(=O)N(C5CCC(=O)NC5=O)C6=O)CC3)CC4)ncc12. The van der Waals surface area contributed by atoms with E-state index in [1.165, 1.54) is 5.56 Å². The first-order valence-corrected chi connectivity index (χ1v) is 22.0. The van der Waals surface area contributed by atoms with Crippen molar-refractivity contribution in [3.63, 3.8) is 0 Å². The molecule has 328 valence electrons. The van der Waals surface area contributed by atoms with Gasteiger partial charge in [-0.3, -0.25) is 39.0 Å². The molecule has 64 heavy (non-hydrogen) atoms. The van der Waals surface area contributed by atoms with Crippen molar-refractivity contribution in [2.75, 3.05) is 41.7 Å². The van der Waals surface area contributed by atoms with Gasteiger partial charge in [0.1, 0.15) is 12.1 Å². The number of piperidine rings is 2. The van der Waals surface area contributed by atoms with Crippen molar-refractivity contribution in [3.05, 3.63) is 94.2 Å². The van der Waals surface area contributed by atoms with E-state index in [2.05, 4.69) is 57.9 Å². The minimum Gasteiger partial charge on any atom is -0.371 e. The lowest BCUT2D eigenvalue weighted by Crippen LogP contribution is -2.54. The summed E-state index contributed by atoms with van der Waals surface area (Å²) in [7, 11) is 1.86. The Morgan fingerprint density at radius 1 is 0.797 bits per heavy atom. The Balaban J connectivity index is 0.761. The van der Waals surface area contributed by atoms with Gasteiger partial charge in [-0.25, -0.2) is 9.67 Å². The van der Waals surface area contributed by atoms with Gasteiger partial charge in [0.15, 0.2) is 11.5 Å². The van der Waals surface area contributed by atoms with Crippen LogP contribution >= 0.6 is 0 Å².